The first-order valence-electron chi connectivity index (χ1n) is 25.5. The Balaban J connectivity index is 0.733. The highest BCUT2D eigenvalue weighted by Gasteiger charge is 2.35. The number of nitrogens with zero attached hydrogens (tertiary/aromatic N) is 6. The van der Waals surface area contributed by atoms with E-state index in [1.807, 2.05) is 60.4 Å². The molecule has 4 N–H and O–H groups in total. The number of anilines is 2. The number of ether oxygens (including phenoxy) is 4. The number of carbonyl (C=O) groups excluding carboxylic acids is 5. The maximum Gasteiger partial charge on any atom is 0.255 e. The van der Waals surface area contributed by atoms with E-state index in [4.69, 9.17) is 29.8 Å². The summed E-state index contributed by atoms with van der Waals surface area (Å²) in [6.07, 6.45) is 7.73. The van der Waals surface area contributed by atoms with Crippen LogP contribution in [0.5, 0.6) is 5.75 Å². The first-order valence-corrected chi connectivity index (χ1v) is 25.5. The summed E-state index contributed by atoms with van der Waals surface area (Å²) in [5, 5.41) is 23.0. The molecule has 1 aromatic heterocycles. The molecule has 0 spiro atoms. The number of Topliss-reactive ketones (excluding diaryl/α,β-unsaturated/α-hetero) is 2. The first kappa shape index (κ1) is 56.2. The van der Waals surface area contributed by atoms with Gasteiger partial charge < -0.3 is 54.0 Å². The lowest BCUT2D eigenvalue weighted by Gasteiger charge is -2.36. The molecule has 19 nitrogen and oxygen atoms in total. The van der Waals surface area contributed by atoms with Crippen molar-refractivity contribution >= 4 is 52.3 Å². The molecule has 74 heavy (non-hydrogen) atoms. The zero-order chi connectivity index (χ0) is 52.8. The smallest absolute Gasteiger partial charge is 0.255 e. The number of ketones is 2. The highest BCUT2D eigenvalue weighted by atomic mass is 16.5. The van der Waals surface area contributed by atoms with Gasteiger partial charge in [-0.05, 0) is 106 Å². The summed E-state index contributed by atoms with van der Waals surface area (Å²) >= 11 is 0. The fourth-order valence-corrected chi connectivity index (χ4v) is 8.63. The standard InChI is InChI=1S/C55H72N10O9/c1-39(66)12-19-50(41(3)67)65-37-44-13-16-46(35-48(44)55(65)70)63-23-25-64(26-24-63)52(68)21-29-72-31-33-73-32-30-71-27-7-5-6-8-28-74-47-17-14-42(15-18-47)40(2)61-54(69)43-10-9-11-45(34-43)59-36-51(56)62(4)53(57)49-20-22-58-38-60-49/h9-11,13-18,20,22,34-35,38,40,50,56-57,59H,5-8,12,19,21,23-33,36-37H2,1-4H3,(H,61,69). The third-order valence-electron chi connectivity index (χ3n) is 13.1. The Bertz CT molecular complexity index is 2520. The van der Waals surface area contributed by atoms with Gasteiger partial charge in [-0.2, -0.15) is 0 Å². The third-order valence-corrected chi connectivity index (χ3v) is 13.1. The summed E-state index contributed by atoms with van der Waals surface area (Å²) in [5.41, 5.74) is 4.90. The monoisotopic (exact) mass is 1020 g/mol. The molecule has 2 aliphatic rings. The number of aromatic nitrogens is 2. The molecule has 0 bridgehead atoms. The average Bonchev–Trinajstić information content (AvgIpc) is 3.74. The molecule has 1 fully saturated rings. The number of amidine groups is 2. The van der Waals surface area contributed by atoms with Crippen molar-refractivity contribution in [2.45, 2.75) is 84.3 Å². The zero-order valence-electron chi connectivity index (χ0n) is 43.2. The van der Waals surface area contributed by atoms with Crippen LogP contribution in [0.15, 0.2) is 85.3 Å². The second-order valence-corrected chi connectivity index (χ2v) is 18.5. The lowest BCUT2D eigenvalue weighted by molar-refractivity contribution is -0.132. The van der Waals surface area contributed by atoms with E-state index in [1.54, 1.807) is 42.4 Å². The summed E-state index contributed by atoms with van der Waals surface area (Å²) in [5.74, 6) is 0.537. The number of hydrogen-bond donors (Lipinski definition) is 4. The van der Waals surface area contributed by atoms with Crippen LogP contribution in [0.3, 0.4) is 0 Å². The van der Waals surface area contributed by atoms with Gasteiger partial charge in [0, 0.05) is 81.5 Å². The van der Waals surface area contributed by atoms with E-state index in [0.29, 0.717) is 114 Å². The topological polar surface area (TPSA) is 233 Å². The third kappa shape index (κ3) is 17.0. The Labute approximate surface area is 434 Å². The molecule has 0 saturated carbocycles. The summed E-state index contributed by atoms with van der Waals surface area (Å²) in [6.45, 7) is 11.2. The van der Waals surface area contributed by atoms with Gasteiger partial charge in [0.05, 0.1) is 64.7 Å². The molecule has 19 heteroatoms. The second kappa shape index (κ2) is 29.0. The van der Waals surface area contributed by atoms with Crippen LogP contribution in [-0.4, -0.2) is 158 Å². The van der Waals surface area contributed by atoms with Crippen molar-refractivity contribution in [3.05, 3.63) is 113 Å². The van der Waals surface area contributed by atoms with Gasteiger partial charge in [-0.25, -0.2) is 9.97 Å². The van der Waals surface area contributed by atoms with Crippen molar-refractivity contribution in [1.82, 2.24) is 30.0 Å². The molecule has 6 rings (SSSR count). The highest BCUT2D eigenvalue weighted by Crippen LogP contribution is 2.31. The van der Waals surface area contributed by atoms with E-state index in [-0.39, 0.29) is 60.0 Å². The van der Waals surface area contributed by atoms with E-state index in [9.17, 15) is 24.0 Å². The van der Waals surface area contributed by atoms with E-state index in [0.717, 1.165) is 48.2 Å². The maximum absolute atomic E-state index is 13.3. The Kier molecular flexibility index (Phi) is 22.0. The van der Waals surface area contributed by atoms with Crippen LogP contribution in [0, 0.1) is 10.8 Å². The average molecular weight is 1020 g/mol. The lowest BCUT2D eigenvalue weighted by atomic mass is 10.0. The molecule has 1 saturated heterocycles. The van der Waals surface area contributed by atoms with Gasteiger partial charge in [-0.3, -0.25) is 30.0 Å². The predicted octanol–water partition coefficient (Wildman–Crippen LogP) is 6.32. The first-order chi connectivity index (χ1) is 35.8. The number of nitrogens with one attached hydrogen (secondary N) is 4. The molecule has 0 aliphatic carbocycles. The molecule has 2 atom stereocenters. The number of rotatable bonds is 30. The van der Waals surface area contributed by atoms with Crippen LogP contribution in [0.25, 0.3) is 0 Å². The van der Waals surface area contributed by atoms with Crippen molar-refractivity contribution in [3.8, 4) is 5.75 Å². The fraction of sp³-hybridized carbons (Fsp3) is 0.473. The Morgan fingerprint density at radius 2 is 1.50 bits per heavy atom. The van der Waals surface area contributed by atoms with E-state index in [2.05, 4.69) is 25.5 Å². The van der Waals surface area contributed by atoms with Crippen molar-refractivity contribution in [2.24, 2.45) is 0 Å². The van der Waals surface area contributed by atoms with Crippen LogP contribution >= 0.6 is 0 Å². The molecular formula is C55H72N10O9. The van der Waals surface area contributed by atoms with E-state index < -0.39 is 6.04 Å². The minimum atomic E-state index is -0.614. The van der Waals surface area contributed by atoms with Gasteiger partial charge in [0.2, 0.25) is 5.91 Å². The largest absolute Gasteiger partial charge is 0.494 e. The van der Waals surface area contributed by atoms with Crippen LogP contribution < -0.4 is 20.3 Å². The van der Waals surface area contributed by atoms with Gasteiger partial charge >= 0.3 is 0 Å². The summed E-state index contributed by atoms with van der Waals surface area (Å²) < 4.78 is 23.0. The minimum absolute atomic E-state index is 0.00637. The summed E-state index contributed by atoms with van der Waals surface area (Å²) in [6, 6.07) is 21.4. The molecule has 0 radical (unpaired) electrons. The lowest BCUT2D eigenvalue weighted by Crippen LogP contribution is -2.49. The second-order valence-electron chi connectivity index (χ2n) is 18.5. The number of likely N-dealkylation sites (N-methyl/N-ethyl adjacent to an activating group) is 1. The van der Waals surface area contributed by atoms with Crippen LogP contribution in [-0.2, 0) is 35.1 Å². The summed E-state index contributed by atoms with van der Waals surface area (Å²) in [7, 11) is 1.64. The Morgan fingerprint density at radius 3 is 2.19 bits per heavy atom. The number of benzene rings is 3. The van der Waals surface area contributed by atoms with Crippen molar-refractivity contribution in [3.63, 3.8) is 0 Å². The minimum Gasteiger partial charge on any atom is -0.494 e. The van der Waals surface area contributed by atoms with Gasteiger partial charge in [-0.1, -0.05) is 30.7 Å². The SMILES string of the molecule is CC(=O)CCC(C(C)=O)N1Cc2ccc(N3CCN(C(=O)CCOCCOCCOCCCCCCOc4ccc(C(C)NC(=O)c5cccc(NCC(=N)N(C)C(=N)c6ccncn6)c5)cc4)CC3)cc2C1=O. The van der Waals surface area contributed by atoms with Crippen LogP contribution in [0.1, 0.15) is 109 Å². The molecule has 2 unspecified atom stereocenters. The van der Waals surface area contributed by atoms with Crippen molar-refractivity contribution in [2.75, 3.05) is 96.2 Å². The van der Waals surface area contributed by atoms with E-state index >= 15 is 0 Å². The summed E-state index contributed by atoms with van der Waals surface area (Å²) in [4.78, 5) is 78.3. The zero-order valence-corrected chi connectivity index (χ0v) is 43.2. The number of piperazine rings is 1. The number of fused-ring (bicyclic) bond motifs is 1. The van der Waals surface area contributed by atoms with Crippen LogP contribution in [0.4, 0.5) is 11.4 Å². The van der Waals surface area contributed by atoms with Crippen molar-refractivity contribution in [1.29, 1.82) is 10.8 Å². The van der Waals surface area contributed by atoms with Gasteiger partial charge in [0.25, 0.3) is 11.8 Å². The fourth-order valence-electron chi connectivity index (χ4n) is 8.63. The molecule has 3 heterocycles. The van der Waals surface area contributed by atoms with Crippen molar-refractivity contribution < 1.29 is 42.9 Å². The quantitative estimate of drug-likeness (QED) is 0.0254. The Morgan fingerprint density at radius 1 is 0.797 bits per heavy atom. The molecule has 2 aliphatic heterocycles. The number of hydrogen-bond acceptors (Lipinski definition) is 15. The molecule has 4 aromatic rings. The van der Waals surface area contributed by atoms with Gasteiger partial charge in [-0.15, -0.1) is 0 Å². The van der Waals surface area contributed by atoms with Gasteiger partial charge in [0.15, 0.2) is 11.6 Å². The van der Waals surface area contributed by atoms with Crippen LogP contribution in [0.2, 0.25) is 0 Å². The molecule has 3 aromatic carbocycles. The predicted molar refractivity (Wildman–Crippen MR) is 282 cm³/mol. The van der Waals surface area contributed by atoms with E-state index in [1.165, 1.54) is 25.1 Å². The number of carbonyl (C=O) groups is 5. The molecule has 396 valence electrons. The highest BCUT2D eigenvalue weighted by molar-refractivity contribution is 6.06. The normalized spacial score (nSPS) is 14.0. The number of amides is 3. The number of unbranched alkanes of at least 4 members (excludes halogenated alkanes) is 3. The Hall–Kier alpha value is -7.09. The maximum atomic E-state index is 13.3. The van der Waals surface area contributed by atoms with Gasteiger partial charge in [0.1, 0.15) is 29.4 Å². The molecular weight excluding hydrogens is 945 g/mol. The molecule has 3 amide bonds.